The largest absolute Gasteiger partial charge is 0.309 e. The molecule has 1 aliphatic carbocycles. The summed E-state index contributed by atoms with van der Waals surface area (Å²) in [4.78, 5) is 21.5. The molecular weight excluding hydrogens is 465 g/mol. The van der Waals surface area contributed by atoms with Gasteiger partial charge < -0.3 is 5.32 Å². The number of nitrogens with zero attached hydrogens (tertiary/aromatic N) is 2. The van der Waals surface area contributed by atoms with Crippen LogP contribution < -0.4 is 5.32 Å². The highest BCUT2D eigenvalue weighted by Crippen LogP contribution is 2.29. The molecule has 35 heavy (non-hydrogen) atoms. The topological polar surface area (TPSA) is 54.9 Å². The van der Waals surface area contributed by atoms with Crippen LogP contribution in [-0.4, -0.2) is 15.9 Å². The molecule has 1 amide bonds. The van der Waals surface area contributed by atoms with E-state index in [1.165, 1.54) is 25.5 Å². The van der Waals surface area contributed by atoms with Gasteiger partial charge in [-0.2, -0.15) is 0 Å². The SMILES string of the molecule is O=C(Cc1c(F)c(F)c(F)c(F)c1F)Nc1ncc(-c2ccccc2)nc1CCC1CCCCC1. The van der Waals surface area contributed by atoms with Gasteiger partial charge in [-0.25, -0.2) is 31.9 Å². The van der Waals surface area contributed by atoms with Crippen LogP contribution in [0.2, 0.25) is 0 Å². The Labute approximate surface area is 199 Å². The predicted molar refractivity (Wildman–Crippen MR) is 121 cm³/mol. The summed E-state index contributed by atoms with van der Waals surface area (Å²) in [5.74, 6) is -10.8. The second-order valence-electron chi connectivity index (χ2n) is 8.73. The zero-order valence-electron chi connectivity index (χ0n) is 18.9. The van der Waals surface area contributed by atoms with Gasteiger partial charge in [-0.3, -0.25) is 4.79 Å². The molecule has 0 radical (unpaired) electrons. The number of halogens is 5. The number of aryl methyl sites for hydroxylation is 1. The summed E-state index contributed by atoms with van der Waals surface area (Å²) >= 11 is 0. The molecule has 184 valence electrons. The number of nitrogens with one attached hydrogen (secondary N) is 1. The number of amides is 1. The summed E-state index contributed by atoms with van der Waals surface area (Å²) in [5, 5.41) is 2.45. The van der Waals surface area contributed by atoms with E-state index in [1.807, 2.05) is 30.3 Å². The van der Waals surface area contributed by atoms with Crippen molar-refractivity contribution in [2.24, 2.45) is 5.92 Å². The number of anilines is 1. The molecule has 2 aromatic carbocycles. The highest BCUT2D eigenvalue weighted by molar-refractivity contribution is 5.92. The van der Waals surface area contributed by atoms with Gasteiger partial charge in [0.1, 0.15) is 0 Å². The van der Waals surface area contributed by atoms with Crippen molar-refractivity contribution in [3.05, 3.63) is 76.9 Å². The van der Waals surface area contributed by atoms with Crippen molar-refractivity contribution >= 4 is 11.7 Å². The molecular formula is C26H24F5N3O. The van der Waals surface area contributed by atoms with Crippen LogP contribution in [0.15, 0.2) is 36.5 Å². The quantitative estimate of drug-likeness (QED) is 0.233. The molecule has 4 nitrogen and oxygen atoms in total. The molecule has 1 N–H and O–H groups in total. The number of carbonyl (C=O) groups is 1. The normalized spacial score (nSPS) is 14.2. The molecule has 1 heterocycles. The van der Waals surface area contributed by atoms with Crippen molar-refractivity contribution in [1.82, 2.24) is 9.97 Å². The van der Waals surface area contributed by atoms with Gasteiger partial charge in [0.25, 0.3) is 0 Å². The first-order valence-electron chi connectivity index (χ1n) is 11.6. The van der Waals surface area contributed by atoms with Crippen LogP contribution in [0.25, 0.3) is 11.3 Å². The molecule has 0 spiro atoms. The van der Waals surface area contributed by atoms with Crippen molar-refractivity contribution in [2.75, 3.05) is 5.32 Å². The van der Waals surface area contributed by atoms with E-state index < -0.39 is 47.0 Å². The third kappa shape index (κ3) is 5.66. The number of hydrogen-bond acceptors (Lipinski definition) is 3. The summed E-state index contributed by atoms with van der Waals surface area (Å²) < 4.78 is 68.4. The lowest BCUT2D eigenvalue weighted by Crippen LogP contribution is -2.20. The second-order valence-corrected chi connectivity index (χ2v) is 8.73. The zero-order valence-corrected chi connectivity index (χ0v) is 18.9. The minimum absolute atomic E-state index is 0.106. The van der Waals surface area contributed by atoms with E-state index in [2.05, 4.69) is 15.3 Å². The summed E-state index contributed by atoms with van der Waals surface area (Å²) in [6.45, 7) is 0. The molecule has 0 unspecified atom stereocenters. The molecule has 1 saturated carbocycles. The van der Waals surface area contributed by atoms with Gasteiger partial charge in [0.15, 0.2) is 29.1 Å². The Morgan fingerprint density at radius 2 is 1.51 bits per heavy atom. The molecule has 0 atom stereocenters. The van der Waals surface area contributed by atoms with Crippen molar-refractivity contribution in [3.63, 3.8) is 0 Å². The highest BCUT2D eigenvalue weighted by atomic mass is 19.2. The maximum absolute atomic E-state index is 14.0. The van der Waals surface area contributed by atoms with E-state index in [9.17, 15) is 26.7 Å². The number of carbonyl (C=O) groups excluding carboxylic acids is 1. The Balaban J connectivity index is 1.57. The smallest absolute Gasteiger partial charge is 0.230 e. The predicted octanol–water partition coefficient (Wildman–Crippen LogP) is 6.53. The lowest BCUT2D eigenvalue weighted by Gasteiger charge is -2.21. The summed E-state index contributed by atoms with van der Waals surface area (Å²) in [6.07, 6.45) is 7.59. The number of hydrogen-bond donors (Lipinski definition) is 1. The Morgan fingerprint density at radius 3 is 2.17 bits per heavy atom. The van der Waals surface area contributed by atoms with Gasteiger partial charge in [-0.05, 0) is 18.8 Å². The fraction of sp³-hybridized carbons (Fsp3) is 0.346. The summed E-state index contributed by atoms with van der Waals surface area (Å²) in [7, 11) is 0. The first-order valence-corrected chi connectivity index (χ1v) is 11.6. The van der Waals surface area contributed by atoms with Gasteiger partial charge in [0.2, 0.25) is 11.7 Å². The molecule has 3 aromatic rings. The molecule has 4 rings (SSSR count). The highest BCUT2D eigenvalue weighted by Gasteiger charge is 2.27. The van der Waals surface area contributed by atoms with Crippen LogP contribution >= 0.6 is 0 Å². The minimum atomic E-state index is -2.27. The average molecular weight is 489 g/mol. The van der Waals surface area contributed by atoms with Gasteiger partial charge in [0, 0.05) is 11.1 Å². The number of rotatable bonds is 7. The molecule has 1 aliphatic rings. The van der Waals surface area contributed by atoms with E-state index in [0.29, 0.717) is 23.7 Å². The number of aromatic nitrogens is 2. The summed E-state index contributed by atoms with van der Waals surface area (Å²) in [5.41, 5.74) is 0.736. The Hall–Kier alpha value is -3.36. The third-order valence-electron chi connectivity index (χ3n) is 6.32. The first-order chi connectivity index (χ1) is 16.8. The van der Waals surface area contributed by atoms with Crippen LogP contribution in [0.3, 0.4) is 0 Å². The van der Waals surface area contributed by atoms with Crippen molar-refractivity contribution in [3.8, 4) is 11.3 Å². The van der Waals surface area contributed by atoms with Crippen LogP contribution in [-0.2, 0) is 17.6 Å². The molecule has 1 aromatic heterocycles. The van der Waals surface area contributed by atoms with Crippen molar-refractivity contribution < 1.29 is 26.7 Å². The maximum atomic E-state index is 14.0. The minimum Gasteiger partial charge on any atom is -0.309 e. The molecule has 1 fully saturated rings. The average Bonchev–Trinajstić information content (AvgIpc) is 2.89. The second kappa shape index (κ2) is 10.9. The Morgan fingerprint density at radius 1 is 0.886 bits per heavy atom. The third-order valence-corrected chi connectivity index (χ3v) is 6.32. The maximum Gasteiger partial charge on any atom is 0.230 e. The number of benzene rings is 2. The van der Waals surface area contributed by atoms with Gasteiger partial charge in [-0.15, -0.1) is 0 Å². The van der Waals surface area contributed by atoms with Crippen molar-refractivity contribution in [2.45, 2.75) is 51.4 Å². The molecule has 9 heteroatoms. The van der Waals surface area contributed by atoms with Gasteiger partial charge in [0.05, 0.1) is 24.0 Å². The Kier molecular flexibility index (Phi) is 7.73. The van der Waals surface area contributed by atoms with Crippen LogP contribution in [0.1, 0.15) is 49.8 Å². The molecule has 0 aliphatic heterocycles. The lowest BCUT2D eigenvalue weighted by molar-refractivity contribution is -0.115. The van der Waals surface area contributed by atoms with E-state index in [0.717, 1.165) is 24.8 Å². The molecule has 0 bridgehead atoms. The van der Waals surface area contributed by atoms with Gasteiger partial charge >= 0.3 is 0 Å². The standard InChI is InChI=1S/C26H24F5N3O/c27-21-17(22(28)24(30)25(31)23(21)29)13-20(35)34-26-18(12-11-15-7-3-1-4-8-15)33-19(14-32-26)16-9-5-2-6-10-16/h2,5-6,9-10,14-15H,1,3-4,7-8,11-13H2,(H,32,34,35). The van der Waals surface area contributed by atoms with E-state index >= 15 is 0 Å². The monoisotopic (exact) mass is 489 g/mol. The van der Waals surface area contributed by atoms with E-state index in [-0.39, 0.29) is 5.82 Å². The first kappa shape index (κ1) is 24.8. The van der Waals surface area contributed by atoms with Crippen LogP contribution in [0.5, 0.6) is 0 Å². The van der Waals surface area contributed by atoms with Crippen molar-refractivity contribution in [1.29, 1.82) is 0 Å². The fourth-order valence-electron chi connectivity index (χ4n) is 4.41. The van der Waals surface area contributed by atoms with Crippen LogP contribution in [0, 0.1) is 35.0 Å². The van der Waals surface area contributed by atoms with Crippen LogP contribution in [0.4, 0.5) is 27.8 Å². The lowest BCUT2D eigenvalue weighted by atomic mass is 9.86. The Bertz CT molecular complexity index is 1180. The zero-order chi connectivity index (χ0) is 24.9. The molecule has 0 saturated heterocycles. The van der Waals surface area contributed by atoms with E-state index in [1.54, 1.807) is 0 Å². The van der Waals surface area contributed by atoms with Gasteiger partial charge in [-0.1, -0.05) is 62.4 Å². The van der Waals surface area contributed by atoms with E-state index in [4.69, 9.17) is 0 Å². The fourth-order valence-corrected chi connectivity index (χ4v) is 4.41. The summed E-state index contributed by atoms with van der Waals surface area (Å²) in [6, 6.07) is 9.33.